The molecule has 6 heteroatoms. The molecule has 1 atom stereocenters. The van der Waals surface area contributed by atoms with Crippen molar-refractivity contribution in [3.8, 4) is 0 Å². The lowest BCUT2D eigenvalue weighted by atomic mass is 10.2. The molecule has 1 aromatic rings. The molecule has 1 fully saturated rings. The van der Waals surface area contributed by atoms with Crippen molar-refractivity contribution in [2.45, 2.75) is 16.6 Å². The van der Waals surface area contributed by atoms with Crippen molar-refractivity contribution in [3.05, 3.63) is 29.8 Å². The molecule has 0 amide bonds. The molecule has 4 nitrogen and oxygen atoms in total. The zero-order valence-electron chi connectivity index (χ0n) is 9.26. The van der Waals surface area contributed by atoms with Crippen molar-refractivity contribution in [2.24, 2.45) is 0 Å². The number of hydrogen-bond acceptors (Lipinski definition) is 3. The van der Waals surface area contributed by atoms with Crippen molar-refractivity contribution >= 4 is 31.7 Å². The predicted molar refractivity (Wildman–Crippen MR) is 67.7 cm³/mol. The van der Waals surface area contributed by atoms with Crippen LogP contribution in [-0.2, 0) is 14.8 Å². The van der Waals surface area contributed by atoms with Gasteiger partial charge in [-0.05, 0) is 19.1 Å². The smallest absolute Gasteiger partial charge is 0.243 e. The molecule has 1 aromatic carbocycles. The summed E-state index contributed by atoms with van der Waals surface area (Å²) in [6.07, 6.45) is 0. The van der Waals surface area contributed by atoms with Crippen molar-refractivity contribution < 1.29 is 13.2 Å². The number of alkyl halides is 1. The van der Waals surface area contributed by atoms with Crippen molar-refractivity contribution in [2.75, 3.05) is 13.1 Å². The molecule has 1 saturated heterocycles. The van der Waals surface area contributed by atoms with Crippen LogP contribution in [0.2, 0.25) is 0 Å². The number of aryl methyl sites for hydroxylation is 1. The van der Waals surface area contributed by atoms with E-state index < -0.39 is 10.0 Å². The van der Waals surface area contributed by atoms with E-state index in [2.05, 4.69) is 15.9 Å². The van der Waals surface area contributed by atoms with E-state index in [1.807, 2.05) is 6.92 Å². The van der Waals surface area contributed by atoms with Gasteiger partial charge in [0.25, 0.3) is 0 Å². The molecule has 0 radical (unpaired) electrons. The first-order chi connectivity index (χ1) is 7.91. The molecule has 1 aliphatic rings. The lowest BCUT2D eigenvalue weighted by molar-refractivity contribution is -0.116. The van der Waals surface area contributed by atoms with Gasteiger partial charge in [-0.15, -0.1) is 0 Å². The van der Waals surface area contributed by atoms with Gasteiger partial charge in [0.2, 0.25) is 10.0 Å². The Hall–Kier alpha value is -0.720. The Balaban J connectivity index is 2.31. The van der Waals surface area contributed by atoms with Gasteiger partial charge in [0.1, 0.15) is 0 Å². The number of carbonyl (C=O) groups is 1. The first-order valence-electron chi connectivity index (χ1n) is 5.15. The monoisotopic (exact) mass is 317 g/mol. The van der Waals surface area contributed by atoms with Crippen LogP contribution in [0.15, 0.2) is 29.2 Å². The van der Waals surface area contributed by atoms with E-state index >= 15 is 0 Å². The molecule has 0 N–H and O–H groups in total. The van der Waals surface area contributed by atoms with E-state index in [-0.39, 0.29) is 28.6 Å². The highest BCUT2D eigenvalue weighted by molar-refractivity contribution is 9.10. The van der Waals surface area contributed by atoms with Crippen LogP contribution in [0.25, 0.3) is 0 Å². The lowest BCUT2D eigenvalue weighted by Crippen LogP contribution is -2.29. The van der Waals surface area contributed by atoms with Gasteiger partial charge in [0, 0.05) is 6.54 Å². The average molecular weight is 318 g/mol. The number of rotatable bonds is 2. The van der Waals surface area contributed by atoms with E-state index in [1.165, 1.54) is 4.31 Å². The quantitative estimate of drug-likeness (QED) is 0.773. The highest BCUT2D eigenvalue weighted by Gasteiger charge is 2.36. The minimum Gasteiger partial charge on any atom is -0.297 e. The summed E-state index contributed by atoms with van der Waals surface area (Å²) in [6.45, 7) is 2.05. The molecule has 1 aliphatic heterocycles. The lowest BCUT2D eigenvalue weighted by Gasteiger charge is -2.14. The molecule has 92 valence electrons. The van der Waals surface area contributed by atoms with Gasteiger partial charge in [-0.1, -0.05) is 33.6 Å². The fourth-order valence-electron chi connectivity index (χ4n) is 1.66. The third kappa shape index (κ3) is 2.43. The summed E-state index contributed by atoms with van der Waals surface area (Å²) in [6, 6.07) is 6.63. The van der Waals surface area contributed by atoms with Crippen molar-refractivity contribution in [1.29, 1.82) is 0 Å². The van der Waals surface area contributed by atoms with Gasteiger partial charge in [0.15, 0.2) is 5.78 Å². The van der Waals surface area contributed by atoms with Crippen LogP contribution in [0.1, 0.15) is 5.56 Å². The van der Waals surface area contributed by atoms with Crippen LogP contribution in [0.3, 0.4) is 0 Å². The molecular weight excluding hydrogens is 306 g/mol. The Morgan fingerprint density at radius 2 is 1.88 bits per heavy atom. The normalized spacial score (nSPS) is 22.0. The van der Waals surface area contributed by atoms with Gasteiger partial charge in [-0.3, -0.25) is 4.79 Å². The number of nitrogens with zero attached hydrogens (tertiary/aromatic N) is 1. The van der Waals surface area contributed by atoms with E-state index in [4.69, 9.17) is 0 Å². The molecular formula is C11H12BrNO3S. The maximum atomic E-state index is 12.2. The zero-order chi connectivity index (χ0) is 12.6. The Labute approximate surface area is 109 Å². The van der Waals surface area contributed by atoms with E-state index in [0.717, 1.165) is 5.56 Å². The predicted octanol–water partition coefficient (Wildman–Crippen LogP) is 1.33. The number of sulfonamides is 1. The maximum Gasteiger partial charge on any atom is 0.243 e. The van der Waals surface area contributed by atoms with Crippen LogP contribution in [-0.4, -0.2) is 36.4 Å². The Morgan fingerprint density at radius 3 is 2.35 bits per heavy atom. The first-order valence-corrected chi connectivity index (χ1v) is 7.50. The minimum atomic E-state index is -3.54. The van der Waals surface area contributed by atoms with Gasteiger partial charge in [0.05, 0.1) is 16.3 Å². The second-order valence-electron chi connectivity index (χ2n) is 4.04. The van der Waals surface area contributed by atoms with E-state index in [0.29, 0.717) is 0 Å². The summed E-state index contributed by atoms with van der Waals surface area (Å²) in [5.74, 6) is -0.0966. The standard InChI is InChI=1S/C11H12BrNO3S/c1-8-2-4-9(5-3-8)17(15,16)13-6-10(12)11(14)7-13/h2-5,10H,6-7H2,1H3/t10-/m1/s1. The van der Waals surface area contributed by atoms with Crippen molar-refractivity contribution in [3.63, 3.8) is 0 Å². The van der Waals surface area contributed by atoms with E-state index in [1.54, 1.807) is 24.3 Å². The van der Waals surface area contributed by atoms with Crippen LogP contribution in [0.4, 0.5) is 0 Å². The number of Topliss-reactive ketones (excluding diaryl/α,β-unsaturated/α-hetero) is 1. The first kappa shape index (κ1) is 12.7. The third-order valence-corrected chi connectivity index (χ3v) is 5.33. The molecule has 2 rings (SSSR count). The number of carbonyl (C=O) groups excluding carboxylic acids is 1. The topological polar surface area (TPSA) is 54.5 Å². The second-order valence-corrected chi connectivity index (χ2v) is 7.09. The number of halogens is 1. The van der Waals surface area contributed by atoms with Crippen LogP contribution >= 0.6 is 15.9 Å². The molecule has 0 unspecified atom stereocenters. The molecule has 17 heavy (non-hydrogen) atoms. The maximum absolute atomic E-state index is 12.2. The van der Waals surface area contributed by atoms with Gasteiger partial charge in [-0.25, -0.2) is 8.42 Å². The van der Waals surface area contributed by atoms with E-state index in [9.17, 15) is 13.2 Å². The van der Waals surface area contributed by atoms with Gasteiger partial charge in [-0.2, -0.15) is 4.31 Å². The summed E-state index contributed by atoms with van der Waals surface area (Å²) in [7, 11) is -3.54. The Morgan fingerprint density at radius 1 is 1.29 bits per heavy atom. The molecule has 0 saturated carbocycles. The van der Waals surface area contributed by atoms with Crippen LogP contribution in [0.5, 0.6) is 0 Å². The average Bonchev–Trinajstić information content (AvgIpc) is 2.60. The zero-order valence-corrected chi connectivity index (χ0v) is 11.7. The molecule has 0 aromatic heterocycles. The summed E-state index contributed by atoms with van der Waals surface area (Å²) >= 11 is 3.17. The Kier molecular flexibility index (Phi) is 3.38. The summed E-state index contributed by atoms with van der Waals surface area (Å²) < 4.78 is 25.6. The molecule has 0 bridgehead atoms. The fourth-order valence-corrected chi connectivity index (χ4v) is 3.77. The summed E-state index contributed by atoms with van der Waals surface area (Å²) in [5.41, 5.74) is 1.000. The molecule has 1 heterocycles. The largest absolute Gasteiger partial charge is 0.297 e. The SMILES string of the molecule is Cc1ccc(S(=O)(=O)N2CC(=O)[C@H](Br)C2)cc1. The van der Waals surface area contributed by atoms with Gasteiger partial charge >= 0.3 is 0 Å². The van der Waals surface area contributed by atoms with Crippen LogP contribution in [0, 0.1) is 6.92 Å². The number of hydrogen-bond donors (Lipinski definition) is 0. The highest BCUT2D eigenvalue weighted by atomic mass is 79.9. The summed E-state index contributed by atoms with van der Waals surface area (Å²) in [4.78, 5) is 11.2. The van der Waals surface area contributed by atoms with Gasteiger partial charge < -0.3 is 0 Å². The fraction of sp³-hybridized carbons (Fsp3) is 0.364. The van der Waals surface area contributed by atoms with Crippen molar-refractivity contribution in [1.82, 2.24) is 4.31 Å². The minimum absolute atomic E-state index is 0.0495. The second kappa shape index (κ2) is 4.51. The highest BCUT2D eigenvalue weighted by Crippen LogP contribution is 2.22. The third-order valence-electron chi connectivity index (χ3n) is 2.70. The Bertz CT molecular complexity index is 538. The molecule has 0 spiro atoms. The summed E-state index contributed by atoms with van der Waals surface area (Å²) in [5, 5.41) is 0. The van der Waals surface area contributed by atoms with Crippen LogP contribution < -0.4 is 0 Å². The number of benzene rings is 1. The number of ketones is 1. The molecule has 0 aliphatic carbocycles.